The maximum absolute atomic E-state index is 13.2. The number of ether oxygens (including phenoxy) is 5. The highest BCUT2D eigenvalue weighted by molar-refractivity contribution is 5.91. The molecule has 1 unspecified atom stereocenters. The van der Waals surface area contributed by atoms with Crippen LogP contribution in [0.4, 0.5) is 0 Å². The molecule has 1 heterocycles. The lowest BCUT2D eigenvalue weighted by Gasteiger charge is -2.32. The number of hydrogen-bond acceptors (Lipinski definition) is 9. The van der Waals surface area contributed by atoms with Gasteiger partial charge in [-0.25, -0.2) is 14.4 Å². The highest BCUT2D eigenvalue weighted by atomic mass is 16.8. The minimum absolute atomic E-state index is 0.112. The van der Waals surface area contributed by atoms with Gasteiger partial charge < -0.3 is 23.7 Å². The molecule has 3 aromatic rings. The van der Waals surface area contributed by atoms with Crippen molar-refractivity contribution in [3.63, 3.8) is 0 Å². The van der Waals surface area contributed by atoms with Crippen molar-refractivity contribution < 1.29 is 44.2 Å². The van der Waals surface area contributed by atoms with Gasteiger partial charge in [0.15, 0.2) is 6.10 Å². The van der Waals surface area contributed by atoms with Crippen LogP contribution in [0.15, 0.2) is 91.0 Å². The Morgan fingerprint density at radius 2 is 1.23 bits per heavy atom. The predicted octanol–water partition coefficient (Wildman–Crippen LogP) is 4.36. The van der Waals surface area contributed by atoms with Crippen LogP contribution in [-0.4, -0.2) is 54.6 Å². The summed E-state index contributed by atoms with van der Waals surface area (Å²) in [4.78, 5) is 51.1. The van der Waals surface area contributed by atoms with Crippen molar-refractivity contribution >= 4 is 23.9 Å². The summed E-state index contributed by atoms with van der Waals surface area (Å²) in [6.07, 6.45) is -4.48. The minimum atomic E-state index is -1.68. The summed E-state index contributed by atoms with van der Waals surface area (Å²) in [5, 5.41) is 0. The maximum Gasteiger partial charge on any atom is 0.338 e. The molecule has 3 aromatic carbocycles. The second-order valence-corrected chi connectivity index (χ2v) is 8.78. The lowest BCUT2D eigenvalue weighted by Crippen LogP contribution is -2.50. The average Bonchev–Trinajstić information content (AvgIpc) is 3.23. The van der Waals surface area contributed by atoms with E-state index in [9.17, 15) is 19.2 Å². The number of benzene rings is 3. The van der Waals surface area contributed by atoms with E-state index in [-0.39, 0.29) is 30.0 Å². The minimum Gasteiger partial charge on any atom is -0.459 e. The molecule has 0 aliphatic carbocycles. The van der Waals surface area contributed by atoms with Gasteiger partial charge in [-0.05, 0) is 42.8 Å². The van der Waals surface area contributed by atoms with Crippen LogP contribution in [0.2, 0.25) is 0 Å². The van der Waals surface area contributed by atoms with Gasteiger partial charge in [0.05, 0.1) is 16.7 Å². The van der Waals surface area contributed by atoms with E-state index in [1.54, 1.807) is 66.7 Å². The quantitative estimate of drug-likeness (QED) is 0.292. The van der Waals surface area contributed by atoms with E-state index in [2.05, 4.69) is 0 Å². The number of hydrogen-bond donors (Lipinski definition) is 0. The molecule has 39 heavy (non-hydrogen) atoms. The smallest absolute Gasteiger partial charge is 0.338 e. The monoisotopic (exact) mass is 533 g/mol. The van der Waals surface area contributed by atoms with Gasteiger partial charge in [-0.1, -0.05) is 61.5 Å². The zero-order valence-corrected chi connectivity index (χ0v) is 21.2. The van der Waals surface area contributed by atoms with Crippen LogP contribution in [0.5, 0.6) is 0 Å². The third kappa shape index (κ3) is 6.50. The molecule has 9 heteroatoms. The van der Waals surface area contributed by atoms with Crippen molar-refractivity contribution in [1.29, 1.82) is 0 Å². The molecular formula is C30H28O9. The molecular weight excluding hydrogens is 504 g/mol. The van der Waals surface area contributed by atoms with Crippen molar-refractivity contribution in [2.75, 3.05) is 6.61 Å². The normalized spacial score (nSPS) is 22.3. The van der Waals surface area contributed by atoms with Crippen molar-refractivity contribution in [1.82, 2.24) is 0 Å². The first kappa shape index (κ1) is 26.1. The number of carbonyl (C=O) groups excluding carboxylic acids is 4. The molecule has 9 nitrogen and oxygen atoms in total. The predicted molar refractivity (Wildman–Crippen MR) is 138 cm³/mol. The highest BCUT2D eigenvalue weighted by Gasteiger charge is 2.61. The van der Waals surface area contributed by atoms with E-state index in [0.29, 0.717) is 0 Å². The van der Waals surface area contributed by atoms with Crippen LogP contribution in [0.1, 0.15) is 52.7 Å². The Labute approximate surface area is 227 Å². The van der Waals surface area contributed by atoms with E-state index in [1.807, 2.05) is 0 Å². The van der Waals surface area contributed by atoms with Gasteiger partial charge in [-0.3, -0.25) is 4.79 Å². The summed E-state index contributed by atoms with van der Waals surface area (Å²) in [5.41, 5.74) is -1.01. The molecule has 0 radical (unpaired) electrons. The Balaban J connectivity index is 1.71. The second-order valence-electron chi connectivity index (χ2n) is 8.78. The number of rotatable bonds is 9. The van der Waals surface area contributed by atoms with Crippen molar-refractivity contribution in [2.24, 2.45) is 0 Å². The number of esters is 4. The molecule has 0 spiro atoms. The lowest BCUT2D eigenvalue weighted by molar-refractivity contribution is -0.205. The summed E-state index contributed by atoms with van der Waals surface area (Å²) in [5.74, 6) is -2.99. The third-order valence-corrected chi connectivity index (χ3v) is 6.09. The average molecular weight is 534 g/mol. The van der Waals surface area contributed by atoms with E-state index in [0.717, 1.165) is 6.92 Å². The Hall–Kier alpha value is -4.50. The molecule has 1 aliphatic rings. The second kappa shape index (κ2) is 12.4. The van der Waals surface area contributed by atoms with Gasteiger partial charge in [0.25, 0.3) is 0 Å². The van der Waals surface area contributed by atoms with Crippen LogP contribution in [0.3, 0.4) is 0 Å². The van der Waals surface area contributed by atoms with Crippen molar-refractivity contribution in [3.8, 4) is 0 Å². The van der Waals surface area contributed by atoms with Gasteiger partial charge in [0.2, 0.25) is 12.4 Å². The summed E-state index contributed by atoms with van der Waals surface area (Å²) in [6, 6.07) is 24.4. The molecule has 0 N–H and O–H groups in total. The fraction of sp³-hybridized carbons (Fsp3) is 0.267. The SMILES string of the molecule is [2H]CC[C@]1(COC(=O)c2ccccc2)OC(OC(C)=O)[C@H](OC(=O)c2ccccc2)[C@@H]1OC(=O)c1ccccc1. The van der Waals surface area contributed by atoms with E-state index in [4.69, 9.17) is 25.1 Å². The molecule has 1 fully saturated rings. The molecule has 4 atom stereocenters. The Bertz CT molecular complexity index is 1320. The van der Waals surface area contributed by atoms with Gasteiger partial charge in [-0.15, -0.1) is 0 Å². The van der Waals surface area contributed by atoms with Gasteiger partial charge in [0, 0.05) is 8.29 Å². The van der Waals surface area contributed by atoms with Crippen LogP contribution in [-0.2, 0) is 28.5 Å². The van der Waals surface area contributed by atoms with Crippen LogP contribution >= 0.6 is 0 Å². The van der Waals surface area contributed by atoms with E-state index >= 15 is 0 Å². The lowest BCUT2D eigenvalue weighted by atomic mass is 9.92. The van der Waals surface area contributed by atoms with Crippen molar-refractivity contribution in [3.05, 3.63) is 108 Å². The van der Waals surface area contributed by atoms with Crippen LogP contribution in [0, 0.1) is 0 Å². The molecule has 4 rings (SSSR count). The molecule has 1 saturated heterocycles. The first-order valence-electron chi connectivity index (χ1n) is 12.9. The van der Waals surface area contributed by atoms with Crippen LogP contribution in [0.25, 0.3) is 0 Å². The summed E-state index contributed by atoms with van der Waals surface area (Å²) in [6.45, 7) is 0.419. The number of carbonyl (C=O) groups is 4. The third-order valence-electron chi connectivity index (χ3n) is 6.09. The fourth-order valence-corrected chi connectivity index (χ4v) is 4.11. The molecule has 0 amide bonds. The fourth-order valence-electron chi connectivity index (χ4n) is 4.11. The first-order valence-corrected chi connectivity index (χ1v) is 12.2. The van der Waals surface area contributed by atoms with Gasteiger partial charge in [0.1, 0.15) is 12.2 Å². The molecule has 0 aromatic heterocycles. The standard InChI is InChI=1S/C30H28O9/c1-3-30(19-35-26(32)21-13-7-4-8-14-21)25(38-28(34)23-17-11-6-12-18-23)24(29(39-30)36-20(2)31)37-27(33)22-15-9-5-10-16-22/h4-18,24-25,29H,3,19H2,1-2H3/t24-,25+,29?,30-/m1/s1/i1D. The Morgan fingerprint density at radius 3 is 1.72 bits per heavy atom. The van der Waals surface area contributed by atoms with Gasteiger partial charge in [-0.2, -0.15) is 0 Å². The van der Waals surface area contributed by atoms with Crippen LogP contribution < -0.4 is 0 Å². The largest absolute Gasteiger partial charge is 0.459 e. The molecule has 202 valence electrons. The molecule has 0 saturated carbocycles. The van der Waals surface area contributed by atoms with Gasteiger partial charge >= 0.3 is 23.9 Å². The molecule has 1 aliphatic heterocycles. The van der Waals surface area contributed by atoms with Crippen molar-refractivity contribution in [2.45, 2.75) is 44.3 Å². The summed E-state index contributed by atoms with van der Waals surface area (Å²) in [7, 11) is 0. The zero-order valence-electron chi connectivity index (χ0n) is 22.2. The zero-order chi connectivity index (χ0) is 28.5. The maximum atomic E-state index is 13.2. The Morgan fingerprint density at radius 1 is 0.744 bits per heavy atom. The highest BCUT2D eigenvalue weighted by Crippen LogP contribution is 2.40. The first-order chi connectivity index (χ1) is 19.3. The molecule has 0 bridgehead atoms. The summed E-state index contributed by atoms with van der Waals surface area (Å²) < 4.78 is 36.5. The Kier molecular flexibility index (Phi) is 8.28. The summed E-state index contributed by atoms with van der Waals surface area (Å²) >= 11 is 0. The topological polar surface area (TPSA) is 114 Å². The van der Waals surface area contributed by atoms with E-state index < -0.39 is 54.6 Å². The van der Waals surface area contributed by atoms with E-state index in [1.165, 1.54) is 24.3 Å².